The number of amides is 1. The number of carbonyl (C=O) groups excluding carboxylic acids is 1. The van der Waals surface area contributed by atoms with Crippen LogP contribution in [0.5, 0.6) is 0 Å². The average molecular weight is 307 g/mol. The minimum absolute atomic E-state index is 0.0157. The lowest BCUT2D eigenvalue weighted by Crippen LogP contribution is -2.48. The lowest BCUT2D eigenvalue weighted by Gasteiger charge is -2.33. The first-order valence-electron chi connectivity index (χ1n) is 7.81. The van der Waals surface area contributed by atoms with Crippen molar-refractivity contribution in [3.63, 3.8) is 0 Å². The number of carbonyl (C=O) groups is 1. The van der Waals surface area contributed by atoms with Gasteiger partial charge in [0, 0.05) is 52.5 Å². The van der Waals surface area contributed by atoms with Gasteiger partial charge in [-0.05, 0) is 13.0 Å². The fourth-order valence-corrected chi connectivity index (χ4v) is 2.43. The minimum Gasteiger partial charge on any atom is -0.385 e. The van der Waals surface area contributed by atoms with Crippen LogP contribution in [0.3, 0.4) is 0 Å². The molecule has 0 radical (unpaired) electrons. The molecule has 0 unspecified atom stereocenters. The van der Waals surface area contributed by atoms with E-state index in [2.05, 4.69) is 27.1 Å². The molecular formula is C15H25N5O2. The van der Waals surface area contributed by atoms with Crippen LogP contribution < -0.4 is 5.32 Å². The highest BCUT2D eigenvalue weighted by atomic mass is 16.5. The van der Waals surface area contributed by atoms with Gasteiger partial charge >= 0.3 is 0 Å². The van der Waals surface area contributed by atoms with E-state index in [1.54, 1.807) is 13.2 Å². The Morgan fingerprint density at radius 1 is 1.32 bits per heavy atom. The van der Waals surface area contributed by atoms with Crippen molar-refractivity contribution < 1.29 is 9.53 Å². The summed E-state index contributed by atoms with van der Waals surface area (Å²) in [5, 5.41) is 3.18. The summed E-state index contributed by atoms with van der Waals surface area (Å²) >= 11 is 0. The molecule has 1 saturated heterocycles. The zero-order valence-corrected chi connectivity index (χ0v) is 13.4. The molecule has 1 amide bonds. The van der Waals surface area contributed by atoms with Gasteiger partial charge in [-0.15, -0.1) is 0 Å². The predicted octanol–water partition coefficient (Wildman–Crippen LogP) is 0.703. The van der Waals surface area contributed by atoms with Gasteiger partial charge in [0.2, 0.25) is 0 Å². The number of rotatable bonds is 7. The van der Waals surface area contributed by atoms with Gasteiger partial charge < -0.3 is 19.9 Å². The fraction of sp³-hybridized carbons (Fsp3) is 0.667. The van der Waals surface area contributed by atoms with E-state index in [0.717, 1.165) is 45.7 Å². The highest BCUT2D eigenvalue weighted by molar-refractivity contribution is 5.93. The largest absolute Gasteiger partial charge is 0.385 e. The van der Waals surface area contributed by atoms with Crippen LogP contribution in [0.15, 0.2) is 12.4 Å². The number of nitrogens with one attached hydrogen (secondary N) is 1. The number of hydrogen-bond acceptors (Lipinski definition) is 6. The van der Waals surface area contributed by atoms with Crippen LogP contribution in [-0.4, -0.2) is 78.7 Å². The first-order valence-corrected chi connectivity index (χ1v) is 7.81. The average Bonchev–Trinajstić information content (AvgIpc) is 2.58. The molecule has 1 fully saturated rings. The molecule has 7 nitrogen and oxygen atoms in total. The molecule has 1 aromatic rings. The van der Waals surface area contributed by atoms with E-state index < -0.39 is 0 Å². The van der Waals surface area contributed by atoms with Crippen molar-refractivity contribution in [2.75, 3.05) is 58.3 Å². The highest BCUT2D eigenvalue weighted by Crippen LogP contribution is 2.10. The van der Waals surface area contributed by atoms with Crippen molar-refractivity contribution in [2.24, 2.45) is 0 Å². The summed E-state index contributed by atoms with van der Waals surface area (Å²) in [5.41, 5.74) is 0.453. The summed E-state index contributed by atoms with van der Waals surface area (Å²) in [5.74, 6) is 0.666. The normalized spacial score (nSPS) is 15.8. The predicted molar refractivity (Wildman–Crippen MR) is 85.0 cm³/mol. The molecule has 1 aromatic heterocycles. The standard InChI is InChI=1S/C15H25N5O2/c1-3-19-6-8-20(9-7-19)15(21)13-11-14(18-12-17-13)16-5-4-10-22-2/h11-12H,3-10H2,1-2H3,(H,16,17,18). The van der Waals surface area contributed by atoms with Crippen LogP contribution in [0, 0.1) is 0 Å². The summed E-state index contributed by atoms with van der Waals surface area (Å²) < 4.78 is 5.00. The van der Waals surface area contributed by atoms with E-state index >= 15 is 0 Å². The summed E-state index contributed by atoms with van der Waals surface area (Å²) in [6, 6.07) is 1.72. The first kappa shape index (κ1) is 16.6. The molecule has 1 N–H and O–H groups in total. The topological polar surface area (TPSA) is 70.6 Å². The van der Waals surface area contributed by atoms with Crippen molar-refractivity contribution in [1.82, 2.24) is 19.8 Å². The maximum Gasteiger partial charge on any atom is 0.272 e. The minimum atomic E-state index is -0.0157. The van der Waals surface area contributed by atoms with Crippen LogP contribution in [0.2, 0.25) is 0 Å². The van der Waals surface area contributed by atoms with E-state index in [9.17, 15) is 4.79 Å². The Bertz CT molecular complexity index is 475. The number of methoxy groups -OCH3 is 1. The summed E-state index contributed by atoms with van der Waals surface area (Å²) in [7, 11) is 1.68. The molecule has 7 heteroatoms. The van der Waals surface area contributed by atoms with Gasteiger partial charge in [0.25, 0.3) is 5.91 Å². The van der Waals surface area contributed by atoms with E-state index in [1.807, 2.05) is 4.90 Å². The Labute approximate surface area is 131 Å². The molecule has 2 heterocycles. The number of likely N-dealkylation sites (N-methyl/N-ethyl adjacent to an activating group) is 1. The number of aromatic nitrogens is 2. The molecule has 1 aliphatic heterocycles. The van der Waals surface area contributed by atoms with Crippen molar-refractivity contribution in [1.29, 1.82) is 0 Å². The maximum absolute atomic E-state index is 12.5. The second kappa shape index (κ2) is 8.65. The molecular weight excluding hydrogens is 282 g/mol. The van der Waals surface area contributed by atoms with Crippen LogP contribution in [0.4, 0.5) is 5.82 Å². The SMILES string of the molecule is CCN1CCN(C(=O)c2cc(NCCCOC)ncn2)CC1. The second-order valence-corrected chi connectivity index (χ2v) is 5.29. The zero-order chi connectivity index (χ0) is 15.8. The van der Waals surface area contributed by atoms with E-state index in [0.29, 0.717) is 18.1 Å². The number of ether oxygens (including phenoxy) is 1. The van der Waals surface area contributed by atoms with Gasteiger partial charge in [-0.3, -0.25) is 4.79 Å². The molecule has 0 aromatic carbocycles. The second-order valence-electron chi connectivity index (χ2n) is 5.29. The molecule has 22 heavy (non-hydrogen) atoms. The van der Waals surface area contributed by atoms with Gasteiger partial charge in [-0.1, -0.05) is 6.92 Å². The van der Waals surface area contributed by atoms with Crippen LogP contribution in [0.1, 0.15) is 23.8 Å². The third-order valence-corrected chi connectivity index (χ3v) is 3.82. The third kappa shape index (κ3) is 4.64. The number of hydrogen-bond donors (Lipinski definition) is 1. The molecule has 122 valence electrons. The third-order valence-electron chi connectivity index (χ3n) is 3.82. The van der Waals surface area contributed by atoms with Crippen molar-refractivity contribution >= 4 is 11.7 Å². The zero-order valence-electron chi connectivity index (χ0n) is 13.4. The molecule has 0 atom stereocenters. The van der Waals surface area contributed by atoms with E-state index in [-0.39, 0.29) is 5.91 Å². The lowest BCUT2D eigenvalue weighted by atomic mass is 10.2. The highest BCUT2D eigenvalue weighted by Gasteiger charge is 2.22. The van der Waals surface area contributed by atoms with Crippen molar-refractivity contribution in [2.45, 2.75) is 13.3 Å². The van der Waals surface area contributed by atoms with Crippen LogP contribution in [0.25, 0.3) is 0 Å². The number of anilines is 1. The van der Waals surface area contributed by atoms with Gasteiger partial charge in [-0.25, -0.2) is 9.97 Å². The summed E-state index contributed by atoms with van der Waals surface area (Å²) in [4.78, 5) is 25.0. The van der Waals surface area contributed by atoms with Crippen LogP contribution >= 0.6 is 0 Å². The van der Waals surface area contributed by atoms with Crippen molar-refractivity contribution in [3.8, 4) is 0 Å². The number of nitrogens with zero attached hydrogens (tertiary/aromatic N) is 4. The number of piperazine rings is 1. The molecule has 2 rings (SSSR count). The van der Waals surface area contributed by atoms with Gasteiger partial charge in [0.15, 0.2) is 0 Å². The molecule has 0 bridgehead atoms. The smallest absolute Gasteiger partial charge is 0.272 e. The summed E-state index contributed by atoms with van der Waals surface area (Å²) in [6.07, 6.45) is 2.33. The fourth-order valence-electron chi connectivity index (χ4n) is 2.43. The Balaban J connectivity index is 1.90. The Kier molecular flexibility index (Phi) is 6.54. The first-order chi connectivity index (χ1) is 10.7. The Morgan fingerprint density at radius 2 is 2.09 bits per heavy atom. The maximum atomic E-state index is 12.5. The summed E-state index contributed by atoms with van der Waals surface area (Å²) in [6.45, 7) is 8.00. The molecule has 0 aliphatic carbocycles. The Hall–Kier alpha value is -1.73. The van der Waals surface area contributed by atoms with E-state index in [1.165, 1.54) is 6.33 Å². The monoisotopic (exact) mass is 307 g/mol. The van der Waals surface area contributed by atoms with E-state index in [4.69, 9.17) is 4.74 Å². The molecule has 0 saturated carbocycles. The quantitative estimate of drug-likeness (QED) is 0.748. The van der Waals surface area contributed by atoms with Crippen molar-refractivity contribution in [3.05, 3.63) is 18.1 Å². The van der Waals surface area contributed by atoms with Crippen LogP contribution in [-0.2, 0) is 4.74 Å². The molecule has 1 aliphatic rings. The molecule has 0 spiro atoms. The van der Waals surface area contributed by atoms with Gasteiger partial charge in [0.05, 0.1) is 0 Å². The van der Waals surface area contributed by atoms with Gasteiger partial charge in [-0.2, -0.15) is 0 Å². The Morgan fingerprint density at radius 3 is 2.77 bits per heavy atom. The van der Waals surface area contributed by atoms with Gasteiger partial charge in [0.1, 0.15) is 17.8 Å². The lowest BCUT2D eigenvalue weighted by molar-refractivity contribution is 0.0637.